The SMILES string of the molecule is O=C(c1cnccn1)N1CC2CCC1C2OCc1ccccn1. The molecule has 3 unspecified atom stereocenters. The Balaban J connectivity index is 1.44. The fourth-order valence-corrected chi connectivity index (χ4v) is 3.65. The van der Waals surface area contributed by atoms with Crippen LogP contribution in [0, 0.1) is 5.92 Å². The van der Waals surface area contributed by atoms with Crippen LogP contribution >= 0.6 is 0 Å². The number of likely N-dealkylation sites (tertiary alicyclic amines) is 1. The normalized spacial score (nSPS) is 25.7. The molecule has 2 aromatic rings. The van der Waals surface area contributed by atoms with Crippen LogP contribution in [0.3, 0.4) is 0 Å². The molecule has 6 nitrogen and oxygen atoms in total. The number of ether oxygens (including phenoxy) is 1. The van der Waals surface area contributed by atoms with Gasteiger partial charge in [-0.15, -0.1) is 0 Å². The molecule has 2 aromatic heterocycles. The summed E-state index contributed by atoms with van der Waals surface area (Å²) in [6, 6.07) is 5.95. The van der Waals surface area contributed by atoms with Crippen LogP contribution in [0.25, 0.3) is 0 Å². The van der Waals surface area contributed by atoms with Crippen LogP contribution in [0.15, 0.2) is 43.0 Å². The zero-order valence-corrected chi connectivity index (χ0v) is 12.7. The second kappa shape index (κ2) is 6.04. The molecule has 0 spiro atoms. The molecule has 3 heterocycles. The van der Waals surface area contributed by atoms with E-state index in [0.29, 0.717) is 18.2 Å². The number of amides is 1. The van der Waals surface area contributed by atoms with Gasteiger partial charge in [-0.2, -0.15) is 0 Å². The zero-order chi connectivity index (χ0) is 15.6. The Bertz CT molecular complexity index is 680. The highest BCUT2D eigenvalue weighted by Gasteiger charge is 2.49. The summed E-state index contributed by atoms with van der Waals surface area (Å²) in [5, 5.41) is 0. The molecule has 1 saturated heterocycles. The van der Waals surface area contributed by atoms with E-state index in [-0.39, 0.29) is 18.1 Å². The van der Waals surface area contributed by atoms with Crippen molar-refractivity contribution in [2.45, 2.75) is 31.6 Å². The average Bonchev–Trinajstić information content (AvgIpc) is 3.18. The van der Waals surface area contributed by atoms with E-state index in [1.54, 1.807) is 18.6 Å². The molecule has 23 heavy (non-hydrogen) atoms. The van der Waals surface area contributed by atoms with Crippen LogP contribution in [0.1, 0.15) is 29.0 Å². The summed E-state index contributed by atoms with van der Waals surface area (Å²) in [6.07, 6.45) is 8.62. The van der Waals surface area contributed by atoms with Gasteiger partial charge < -0.3 is 9.64 Å². The van der Waals surface area contributed by atoms with Gasteiger partial charge in [0.1, 0.15) is 5.69 Å². The van der Waals surface area contributed by atoms with Gasteiger partial charge in [-0.1, -0.05) is 6.07 Å². The van der Waals surface area contributed by atoms with Gasteiger partial charge in [0.25, 0.3) is 5.91 Å². The van der Waals surface area contributed by atoms with Gasteiger partial charge >= 0.3 is 0 Å². The van der Waals surface area contributed by atoms with Gasteiger partial charge in [0.15, 0.2) is 0 Å². The lowest BCUT2D eigenvalue weighted by Gasteiger charge is -2.26. The van der Waals surface area contributed by atoms with Crippen molar-refractivity contribution in [1.29, 1.82) is 0 Å². The second-order valence-corrected chi connectivity index (χ2v) is 6.05. The summed E-state index contributed by atoms with van der Waals surface area (Å²) in [4.78, 5) is 26.9. The van der Waals surface area contributed by atoms with Crippen molar-refractivity contribution in [3.63, 3.8) is 0 Å². The van der Waals surface area contributed by atoms with Crippen molar-refractivity contribution < 1.29 is 9.53 Å². The van der Waals surface area contributed by atoms with Gasteiger partial charge in [0, 0.05) is 31.1 Å². The number of carbonyl (C=O) groups is 1. The number of piperidine rings is 1. The Labute approximate surface area is 134 Å². The first-order chi connectivity index (χ1) is 11.3. The molecule has 0 N–H and O–H groups in total. The minimum absolute atomic E-state index is 0.0447. The largest absolute Gasteiger partial charge is 0.369 e. The smallest absolute Gasteiger partial charge is 0.274 e. The predicted molar refractivity (Wildman–Crippen MR) is 82.4 cm³/mol. The summed E-state index contributed by atoms with van der Waals surface area (Å²) < 4.78 is 6.10. The first-order valence-corrected chi connectivity index (χ1v) is 7.91. The van der Waals surface area contributed by atoms with Crippen LogP contribution in [0.2, 0.25) is 0 Å². The molecule has 118 valence electrons. The molecule has 6 heteroatoms. The van der Waals surface area contributed by atoms with E-state index < -0.39 is 0 Å². The van der Waals surface area contributed by atoms with Crippen molar-refractivity contribution in [2.75, 3.05) is 6.54 Å². The summed E-state index contributed by atoms with van der Waals surface area (Å²) in [5.74, 6) is 0.362. The molecule has 2 fully saturated rings. The highest BCUT2D eigenvalue weighted by atomic mass is 16.5. The van der Waals surface area contributed by atoms with Crippen LogP contribution in [-0.2, 0) is 11.3 Å². The van der Waals surface area contributed by atoms with Gasteiger partial charge in [-0.25, -0.2) is 4.98 Å². The monoisotopic (exact) mass is 310 g/mol. The van der Waals surface area contributed by atoms with Crippen molar-refractivity contribution in [1.82, 2.24) is 19.9 Å². The Morgan fingerprint density at radius 1 is 1.22 bits per heavy atom. The summed E-state index contributed by atoms with van der Waals surface area (Å²) in [7, 11) is 0. The molecule has 1 aliphatic heterocycles. The number of aromatic nitrogens is 3. The van der Waals surface area contributed by atoms with Crippen molar-refractivity contribution in [3.05, 3.63) is 54.4 Å². The summed E-state index contributed by atoms with van der Waals surface area (Å²) >= 11 is 0. The Kier molecular flexibility index (Phi) is 3.75. The van der Waals surface area contributed by atoms with Crippen LogP contribution in [-0.4, -0.2) is 44.4 Å². The maximum atomic E-state index is 12.6. The lowest BCUT2D eigenvalue weighted by Crippen LogP contribution is -2.40. The van der Waals surface area contributed by atoms with E-state index in [2.05, 4.69) is 15.0 Å². The van der Waals surface area contributed by atoms with Gasteiger partial charge in [0.05, 0.1) is 30.6 Å². The molecule has 2 aliphatic rings. The van der Waals surface area contributed by atoms with Crippen LogP contribution < -0.4 is 0 Å². The second-order valence-electron chi connectivity index (χ2n) is 6.05. The van der Waals surface area contributed by atoms with E-state index in [4.69, 9.17) is 4.74 Å². The van der Waals surface area contributed by atoms with E-state index >= 15 is 0 Å². The number of hydrogen-bond acceptors (Lipinski definition) is 5. The van der Waals surface area contributed by atoms with E-state index in [0.717, 1.165) is 25.1 Å². The average molecular weight is 310 g/mol. The molecule has 0 aromatic carbocycles. The highest BCUT2D eigenvalue weighted by molar-refractivity contribution is 5.92. The summed E-state index contributed by atoms with van der Waals surface area (Å²) in [6.45, 7) is 1.23. The number of nitrogens with zero attached hydrogens (tertiary/aromatic N) is 4. The van der Waals surface area contributed by atoms with E-state index in [9.17, 15) is 4.79 Å². The minimum atomic E-state index is -0.0447. The number of carbonyl (C=O) groups excluding carboxylic acids is 1. The molecule has 1 saturated carbocycles. The van der Waals surface area contributed by atoms with Crippen molar-refractivity contribution in [2.24, 2.45) is 5.92 Å². The minimum Gasteiger partial charge on any atom is -0.369 e. The molecule has 4 rings (SSSR count). The Morgan fingerprint density at radius 2 is 2.17 bits per heavy atom. The summed E-state index contributed by atoms with van der Waals surface area (Å²) in [5.41, 5.74) is 1.33. The third kappa shape index (κ3) is 2.70. The number of rotatable bonds is 4. The van der Waals surface area contributed by atoms with Crippen LogP contribution in [0.4, 0.5) is 0 Å². The van der Waals surface area contributed by atoms with Gasteiger partial charge in [-0.05, 0) is 25.0 Å². The molecule has 1 amide bonds. The van der Waals surface area contributed by atoms with Gasteiger partial charge in [-0.3, -0.25) is 14.8 Å². The quantitative estimate of drug-likeness (QED) is 0.859. The highest BCUT2D eigenvalue weighted by Crippen LogP contribution is 2.40. The molecule has 0 radical (unpaired) electrons. The fourth-order valence-electron chi connectivity index (χ4n) is 3.65. The molecule has 1 aliphatic carbocycles. The fraction of sp³-hybridized carbons (Fsp3) is 0.412. The number of pyridine rings is 1. The first kappa shape index (κ1) is 14.3. The number of fused-ring (bicyclic) bond motifs is 2. The maximum Gasteiger partial charge on any atom is 0.274 e. The van der Waals surface area contributed by atoms with Crippen molar-refractivity contribution >= 4 is 5.91 Å². The molecule has 2 bridgehead atoms. The molecule has 3 atom stereocenters. The van der Waals surface area contributed by atoms with E-state index in [1.165, 1.54) is 6.20 Å². The third-order valence-electron chi connectivity index (χ3n) is 4.70. The lowest BCUT2D eigenvalue weighted by molar-refractivity contribution is 0.0143. The Hall–Kier alpha value is -2.34. The molecular formula is C17H18N4O2. The predicted octanol–water partition coefficient (Wildman–Crippen LogP) is 1.69. The maximum absolute atomic E-state index is 12.6. The topological polar surface area (TPSA) is 68.2 Å². The van der Waals surface area contributed by atoms with E-state index in [1.807, 2.05) is 23.1 Å². The first-order valence-electron chi connectivity index (χ1n) is 7.91. The Morgan fingerprint density at radius 3 is 2.96 bits per heavy atom. The van der Waals surface area contributed by atoms with Crippen LogP contribution in [0.5, 0.6) is 0 Å². The number of hydrogen-bond donors (Lipinski definition) is 0. The third-order valence-corrected chi connectivity index (χ3v) is 4.70. The van der Waals surface area contributed by atoms with Gasteiger partial charge in [0.2, 0.25) is 0 Å². The van der Waals surface area contributed by atoms with Crippen molar-refractivity contribution in [3.8, 4) is 0 Å². The lowest BCUT2D eigenvalue weighted by atomic mass is 10.1. The molecular weight excluding hydrogens is 292 g/mol. The standard InChI is InChI=1S/C17H18N4O2/c22-17(14-9-18-7-8-20-14)21-10-12-4-5-15(21)16(12)23-11-13-3-1-2-6-19-13/h1-3,6-9,12,15-16H,4-5,10-11H2. The zero-order valence-electron chi connectivity index (χ0n) is 12.7.